The second kappa shape index (κ2) is 11.3. The molecule has 1 atom stereocenters. The summed E-state index contributed by atoms with van der Waals surface area (Å²) in [4.78, 5) is 4.28. The van der Waals surface area contributed by atoms with Crippen LogP contribution in [0, 0.1) is 0 Å². The van der Waals surface area contributed by atoms with E-state index >= 15 is 0 Å². The number of nitrogens with zero attached hydrogens (tertiary/aromatic N) is 1. The second-order valence-electron chi connectivity index (χ2n) is 5.44. The summed E-state index contributed by atoms with van der Waals surface area (Å²) in [5.74, 6) is 2.21. The molecule has 0 bridgehead atoms. The van der Waals surface area contributed by atoms with E-state index in [-0.39, 0.29) is 24.0 Å². The van der Waals surface area contributed by atoms with Gasteiger partial charge in [0, 0.05) is 20.1 Å². The lowest BCUT2D eigenvalue weighted by Crippen LogP contribution is -2.39. The van der Waals surface area contributed by atoms with E-state index in [1.165, 1.54) is 11.1 Å². The molecule has 0 spiro atoms. The summed E-state index contributed by atoms with van der Waals surface area (Å²) < 4.78 is 5.17. The zero-order chi connectivity index (χ0) is 16.5. The highest BCUT2D eigenvalue weighted by Crippen LogP contribution is 2.17. The number of halogens is 1. The minimum Gasteiger partial charge on any atom is -0.497 e. The molecular formula is C18H26IN3OS. The van der Waals surface area contributed by atoms with E-state index in [9.17, 15) is 0 Å². The molecule has 2 aromatic rings. The normalized spacial score (nSPS) is 12.2. The van der Waals surface area contributed by atoms with Crippen LogP contribution in [0.4, 0.5) is 0 Å². The van der Waals surface area contributed by atoms with Gasteiger partial charge >= 0.3 is 0 Å². The molecule has 0 aliphatic heterocycles. The van der Waals surface area contributed by atoms with Crippen LogP contribution < -0.4 is 15.4 Å². The molecule has 0 radical (unpaired) electrons. The van der Waals surface area contributed by atoms with E-state index in [0.717, 1.165) is 31.2 Å². The highest BCUT2D eigenvalue weighted by molar-refractivity contribution is 14.0. The van der Waals surface area contributed by atoms with Crippen molar-refractivity contribution in [2.45, 2.75) is 19.3 Å². The van der Waals surface area contributed by atoms with E-state index in [1.807, 2.05) is 12.1 Å². The molecule has 1 aromatic heterocycles. The number of nitrogens with one attached hydrogen (secondary N) is 2. The largest absolute Gasteiger partial charge is 0.497 e. The highest BCUT2D eigenvalue weighted by atomic mass is 127. The highest BCUT2D eigenvalue weighted by Gasteiger charge is 2.06. The van der Waals surface area contributed by atoms with Gasteiger partial charge in [-0.15, -0.1) is 24.0 Å². The van der Waals surface area contributed by atoms with Gasteiger partial charge in [0.2, 0.25) is 0 Å². The molecule has 24 heavy (non-hydrogen) atoms. The molecule has 6 heteroatoms. The summed E-state index contributed by atoms with van der Waals surface area (Å²) in [6.07, 6.45) is 0.949. The van der Waals surface area contributed by atoms with Crippen LogP contribution in [0.3, 0.4) is 0 Å². The number of hydrogen-bond acceptors (Lipinski definition) is 3. The molecule has 1 aromatic carbocycles. The number of aliphatic imine (C=N–C) groups is 1. The fourth-order valence-electron chi connectivity index (χ4n) is 2.26. The number of guanidine groups is 1. The quantitative estimate of drug-likeness (QED) is 0.375. The van der Waals surface area contributed by atoms with Gasteiger partial charge in [-0.1, -0.05) is 19.1 Å². The van der Waals surface area contributed by atoms with E-state index in [4.69, 9.17) is 4.74 Å². The van der Waals surface area contributed by atoms with Crippen molar-refractivity contribution in [3.8, 4) is 5.75 Å². The van der Waals surface area contributed by atoms with Crippen LogP contribution >= 0.6 is 35.3 Å². The zero-order valence-electron chi connectivity index (χ0n) is 14.4. The Kier molecular flexibility index (Phi) is 9.78. The molecule has 0 fully saturated rings. The standard InChI is InChI=1S/C18H25N3OS.HI/c1-14(16-9-11-23-13-16)12-21-18(19-2)20-10-8-15-4-6-17(22-3)7-5-15;/h4-7,9,11,13-14H,8,10,12H2,1-3H3,(H2,19,20,21);1H. The molecule has 0 saturated heterocycles. The SMILES string of the molecule is CN=C(NCCc1ccc(OC)cc1)NCC(C)c1ccsc1.I. The van der Waals surface area contributed by atoms with Crippen LogP contribution in [-0.4, -0.2) is 33.2 Å². The van der Waals surface area contributed by atoms with Crippen molar-refractivity contribution in [2.75, 3.05) is 27.2 Å². The van der Waals surface area contributed by atoms with Crippen molar-refractivity contribution in [1.82, 2.24) is 10.6 Å². The summed E-state index contributed by atoms with van der Waals surface area (Å²) in [5.41, 5.74) is 2.65. The Bertz CT molecular complexity index is 599. The first-order valence-electron chi connectivity index (χ1n) is 7.82. The Morgan fingerprint density at radius 1 is 1.21 bits per heavy atom. The van der Waals surface area contributed by atoms with Crippen molar-refractivity contribution >= 4 is 41.3 Å². The smallest absolute Gasteiger partial charge is 0.191 e. The van der Waals surface area contributed by atoms with Crippen LogP contribution in [0.25, 0.3) is 0 Å². The Balaban J connectivity index is 0.00000288. The molecule has 1 unspecified atom stereocenters. The average molecular weight is 459 g/mol. The molecule has 2 rings (SSSR count). The fourth-order valence-corrected chi connectivity index (χ4v) is 3.04. The van der Waals surface area contributed by atoms with Gasteiger partial charge in [0.15, 0.2) is 5.96 Å². The van der Waals surface area contributed by atoms with E-state index in [0.29, 0.717) is 5.92 Å². The minimum absolute atomic E-state index is 0. The Morgan fingerprint density at radius 3 is 2.54 bits per heavy atom. The molecule has 1 heterocycles. The number of methoxy groups -OCH3 is 1. The van der Waals surface area contributed by atoms with Crippen LogP contribution in [0.15, 0.2) is 46.1 Å². The number of benzene rings is 1. The molecular weight excluding hydrogens is 433 g/mol. The summed E-state index contributed by atoms with van der Waals surface area (Å²) >= 11 is 1.74. The molecule has 0 saturated carbocycles. The predicted octanol–water partition coefficient (Wildman–Crippen LogP) is 3.89. The van der Waals surface area contributed by atoms with Gasteiger partial charge in [0.25, 0.3) is 0 Å². The zero-order valence-corrected chi connectivity index (χ0v) is 17.6. The maximum atomic E-state index is 5.17. The average Bonchev–Trinajstić information content (AvgIpc) is 3.13. The number of ether oxygens (including phenoxy) is 1. The molecule has 0 aliphatic carbocycles. The lowest BCUT2D eigenvalue weighted by atomic mass is 10.1. The summed E-state index contributed by atoms with van der Waals surface area (Å²) in [6, 6.07) is 10.3. The van der Waals surface area contributed by atoms with Crippen molar-refractivity contribution in [3.63, 3.8) is 0 Å². The lowest BCUT2D eigenvalue weighted by molar-refractivity contribution is 0.414. The van der Waals surface area contributed by atoms with Crippen molar-refractivity contribution in [3.05, 3.63) is 52.2 Å². The van der Waals surface area contributed by atoms with Gasteiger partial charge in [-0.05, 0) is 52.4 Å². The maximum absolute atomic E-state index is 5.17. The first-order valence-corrected chi connectivity index (χ1v) is 8.76. The predicted molar refractivity (Wildman–Crippen MR) is 114 cm³/mol. The molecule has 0 aliphatic rings. The van der Waals surface area contributed by atoms with Crippen molar-refractivity contribution < 1.29 is 4.74 Å². The van der Waals surface area contributed by atoms with E-state index in [1.54, 1.807) is 25.5 Å². The molecule has 2 N–H and O–H groups in total. The first-order chi connectivity index (χ1) is 11.2. The van der Waals surface area contributed by atoms with Crippen LogP contribution in [0.5, 0.6) is 5.75 Å². The van der Waals surface area contributed by atoms with Crippen LogP contribution in [0.2, 0.25) is 0 Å². The third-order valence-electron chi connectivity index (χ3n) is 3.78. The van der Waals surface area contributed by atoms with E-state index in [2.05, 4.69) is 51.5 Å². The van der Waals surface area contributed by atoms with Gasteiger partial charge < -0.3 is 15.4 Å². The summed E-state index contributed by atoms with van der Waals surface area (Å²) in [5, 5.41) is 11.1. The third-order valence-corrected chi connectivity index (χ3v) is 4.48. The van der Waals surface area contributed by atoms with Gasteiger partial charge in [-0.2, -0.15) is 11.3 Å². The van der Waals surface area contributed by atoms with Gasteiger partial charge in [-0.25, -0.2) is 0 Å². The van der Waals surface area contributed by atoms with Gasteiger partial charge in [0.05, 0.1) is 7.11 Å². The molecule has 132 valence electrons. The topological polar surface area (TPSA) is 45.7 Å². The van der Waals surface area contributed by atoms with E-state index < -0.39 is 0 Å². The fraction of sp³-hybridized carbons (Fsp3) is 0.389. The van der Waals surface area contributed by atoms with Gasteiger partial charge in [0.1, 0.15) is 5.75 Å². The van der Waals surface area contributed by atoms with Crippen LogP contribution in [0.1, 0.15) is 24.0 Å². The first kappa shape index (κ1) is 20.8. The summed E-state index contributed by atoms with van der Waals surface area (Å²) in [6.45, 7) is 3.94. The second-order valence-corrected chi connectivity index (χ2v) is 6.22. The van der Waals surface area contributed by atoms with Crippen molar-refractivity contribution in [2.24, 2.45) is 4.99 Å². The number of thiophene rings is 1. The van der Waals surface area contributed by atoms with Gasteiger partial charge in [-0.3, -0.25) is 4.99 Å². The number of hydrogen-bond donors (Lipinski definition) is 2. The maximum Gasteiger partial charge on any atom is 0.191 e. The van der Waals surface area contributed by atoms with Crippen LogP contribution in [-0.2, 0) is 6.42 Å². The van der Waals surface area contributed by atoms with Crippen molar-refractivity contribution in [1.29, 1.82) is 0 Å². The Morgan fingerprint density at radius 2 is 1.96 bits per heavy atom. The Hall–Kier alpha value is -1.28. The molecule has 0 amide bonds. The Labute approximate surface area is 165 Å². The molecule has 4 nitrogen and oxygen atoms in total. The minimum atomic E-state index is 0. The summed E-state index contributed by atoms with van der Waals surface area (Å²) in [7, 11) is 3.49. The third kappa shape index (κ3) is 6.68. The lowest BCUT2D eigenvalue weighted by Gasteiger charge is -2.15. The number of rotatable bonds is 7. The monoisotopic (exact) mass is 459 g/mol.